The van der Waals surface area contributed by atoms with Crippen LogP contribution in [0.2, 0.25) is 0 Å². The average molecular weight is 181 g/mol. The molecule has 0 N–H and O–H groups in total. The summed E-state index contributed by atoms with van der Waals surface area (Å²) in [7, 11) is 0. The number of rotatable bonds is 1. The van der Waals surface area contributed by atoms with E-state index in [1.165, 1.54) is 0 Å². The van der Waals surface area contributed by atoms with Crippen LogP contribution in [-0.2, 0) is 0 Å². The second kappa shape index (κ2) is 2.28. The fourth-order valence-corrected chi connectivity index (χ4v) is 1.76. The van der Waals surface area contributed by atoms with E-state index in [-0.39, 0.29) is 4.33 Å². The van der Waals surface area contributed by atoms with E-state index in [1.807, 2.05) is 0 Å². The van der Waals surface area contributed by atoms with E-state index in [4.69, 9.17) is 23.2 Å². The summed E-state index contributed by atoms with van der Waals surface area (Å²) in [4.78, 5) is 0. The van der Waals surface area contributed by atoms with E-state index in [2.05, 4.69) is 20.8 Å². The lowest BCUT2D eigenvalue weighted by Crippen LogP contribution is -2.07. The van der Waals surface area contributed by atoms with E-state index in [0.717, 1.165) is 12.8 Å². The van der Waals surface area contributed by atoms with Gasteiger partial charge in [-0.25, -0.2) is 0 Å². The van der Waals surface area contributed by atoms with E-state index in [1.54, 1.807) is 0 Å². The monoisotopic (exact) mass is 180 g/mol. The maximum Gasteiger partial charge on any atom is 0.121 e. The first-order valence-corrected chi connectivity index (χ1v) is 4.45. The second-order valence-corrected chi connectivity index (χ2v) is 5.97. The van der Waals surface area contributed by atoms with E-state index in [9.17, 15) is 0 Å². The molecular weight excluding hydrogens is 167 g/mol. The van der Waals surface area contributed by atoms with Crippen molar-refractivity contribution in [3.63, 3.8) is 0 Å². The molecule has 0 aromatic carbocycles. The predicted molar refractivity (Wildman–Crippen MR) is 46.6 cm³/mol. The van der Waals surface area contributed by atoms with Crippen LogP contribution in [0.25, 0.3) is 0 Å². The fraction of sp³-hybridized carbons (Fsp3) is 1.00. The van der Waals surface area contributed by atoms with Gasteiger partial charge in [0.05, 0.1) is 0 Å². The van der Waals surface area contributed by atoms with Crippen molar-refractivity contribution in [3.05, 3.63) is 0 Å². The van der Waals surface area contributed by atoms with Gasteiger partial charge >= 0.3 is 0 Å². The molecule has 0 aromatic rings. The lowest BCUT2D eigenvalue weighted by Gasteiger charge is -2.17. The molecular formula is C8H14Cl2. The van der Waals surface area contributed by atoms with Gasteiger partial charge < -0.3 is 0 Å². The summed E-state index contributed by atoms with van der Waals surface area (Å²) in [6.45, 7) is 6.65. The maximum atomic E-state index is 5.88. The Kier molecular flexibility index (Phi) is 1.98. The van der Waals surface area contributed by atoms with Crippen LogP contribution in [0.15, 0.2) is 0 Å². The van der Waals surface area contributed by atoms with Gasteiger partial charge in [-0.1, -0.05) is 20.8 Å². The quantitative estimate of drug-likeness (QED) is 0.542. The molecule has 0 saturated heterocycles. The molecule has 0 nitrogen and oxygen atoms in total. The minimum Gasteiger partial charge on any atom is -0.101 e. The summed E-state index contributed by atoms with van der Waals surface area (Å²) < 4.78 is -0.382. The predicted octanol–water partition coefficient (Wildman–Crippen LogP) is 3.62. The third kappa shape index (κ3) is 2.32. The second-order valence-electron chi connectivity index (χ2n) is 4.43. The zero-order valence-electron chi connectivity index (χ0n) is 6.75. The highest BCUT2D eigenvalue weighted by Crippen LogP contribution is 2.57. The lowest BCUT2D eigenvalue weighted by molar-refractivity contribution is 0.353. The van der Waals surface area contributed by atoms with Gasteiger partial charge in [-0.05, 0) is 24.2 Å². The Morgan fingerprint density at radius 1 is 1.40 bits per heavy atom. The van der Waals surface area contributed by atoms with Crippen LogP contribution in [0.3, 0.4) is 0 Å². The van der Waals surface area contributed by atoms with Gasteiger partial charge in [-0.15, -0.1) is 23.2 Å². The van der Waals surface area contributed by atoms with Crippen LogP contribution in [-0.4, -0.2) is 4.33 Å². The Labute approximate surface area is 72.9 Å². The van der Waals surface area contributed by atoms with Crippen LogP contribution in [0, 0.1) is 11.3 Å². The number of hydrogen-bond donors (Lipinski definition) is 0. The summed E-state index contributed by atoms with van der Waals surface area (Å²) in [5, 5.41) is 0. The third-order valence-electron chi connectivity index (χ3n) is 1.81. The van der Waals surface area contributed by atoms with Crippen molar-refractivity contribution in [2.75, 3.05) is 0 Å². The van der Waals surface area contributed by atoms with Crippen LogP contribution < -0.4 is 0 Å². The van der Waals surface area contributed by atoms with Gasteiger partial charge in [0.15, 0.2) is 0 Å². The molecule has 1 aliphatic carbocycles. The molecule has 60 valence electrons. The first-order valence-electron chi connectivity index (χ1n) is 3.69. The molecule has 1 unspecified atom stereocenters. The van der Waals surface area contributed by atoms with Gasteiger partial charge in [-0.3, -0.25) is 0 Å². The molecule has 1 aliphatic rings. The summed E-state index contributed by atoms with van der Waals surface area (Å²) in [6, 6.07) is 0. The van der Waals surface area contributed by atoms with Crippen molar-refractivity contribution < 1.29 is 0 Å². The van der Waals surface area contributed by atoms with Crippen molar-refractivity contribution in [2.45, 2.75) is 37.9 Å². The van der Waals surface area contributed by atoms with Crippen LogP contribution in [0.4, 0.5) is 0 Å². The molecule has 1 saturated carbocycles. The minimum atomic E-state index is -0.382. The Balaban J connectivity index is 2.31. The van der Waals surface area contributed by atoms with Gasteiger partial charge in [0.2, 0.25) is 0 Å². The fourth-order valence-electron chi connectivity index (χ4n) is 1.23. The van der Waals surface area contributed by atoms with Crippen LogP contribution in [0.1, 0.15) is 33.6 Å². The molecule has 0 spiro atoms. The van der Waals surface area contributed by atoms with Crippen LogP contribution in [0.5, 0.6) is 0 Å². The molecule has 0 heterocycles. The molecule has 10 heavy (non-hydrogen) atoms. The Hall–Kier alpha value is 0.580. The Bertz CT molecular complexity index is 133. The molecule has 0 bridgehead atoms. The van der Waals surface area contributed by atoms with Crippen molar-refractivity contribution in [2.24, 2.45) is 11.3 Å². The zero-order chi connectivity index (χ0) is 7.99. The highest BCUT2D eigenvalue weighted by Gasteiger charge is 2.52. The van der Waals surface area contributed by atoms with Gasteiger partial charge in [0, 0.05) is 0 Å². The zero-order valence-corrected chi connectivity index (χ0v) is 8.26. The van der Waals surface area contributed by atoms with E-state index in [0.29, 0.717) is 11.3 Å². The highest BCUT2D eigenvalue weighted by molar-refractivity contribution is 6.50. The topological polar surface area (TPSA) is 0 Å². The minimum absolute atomic E-state index is 0.371. The molecule has 0 radical (unpaired) electrons. The molecule has 1 atom stereocenters. The SMILES string of the molecule is CC(C)(C)CC1CC1(Cl)Cl. The largest absolute Gasteiger partial charge is 0.121 e. The Morgan fingerprint density at radius 2 is 1.80 bits per heavy atom. The van der Waals surface area contributed by atoms with Gasteiger partial charge in [0.25, 0.3) is 0 Å². The molecule has 0 amide bonds. The maximum absolute atomic E-state index is 5.88. The number of halogens is 2. The van der Waals surface area contributed by atoms with Gasteiger partial charge in [0.1, 0.15) is 4.33 Å². The van der Waals surface area contributed by atoms with Crippen molar-refractivity contribution in [3.8, 4) is 0 Å². The summed E-state index contributed by atoms with van der Waals surface area (Å²) >= 11 is 11.8. The normalized spacial score (nSPS) is 30.3. The van der Waals surface area contributed by atoms with Gasteiger partial charge in [-0.2, -0.15) is 0 Å². The van der Waals surface area contributed by atoms with E-state index < -0.39 is 0 Å². The standard InChI is InChI=1S/C8H14Cl2/c1-7(2,3)4-6-5-8(6,9)10/h6H,4-5H2,1-3H3. The molecule has 0 aliphatic heterocycles. The average Bonchev–Trinajstić information content (AvgIpc) is 2.05. The van der Waals surface area contributed by atoms with E-state index >= 15 is 0 Å². The first-order chi connectivity index (χ1) is 4.31. The molecule has 0 aromatic heterocycles. The van der Waals surface area contributed by atoms with Crippen molar-refractivity contribution in [1.82, 2.24) is 0 Å². The van der Waals surface area contributed by atoms with Crippen molar-refractivity contribution >= 4 is 23.2 Å². The highest BCUT2D eigenvalue weighted by atomic mass is 35.5. The summed E-state index contributed by atoms with van der Waals surface area (Å²) in [6.07, 6.45) is 2.12. The van der Waals surface area contributed by atoms with Crippen LogP contribution >= 0.6 is 23.2 Å². The van der Waals surface area contributed by atoms with Crippen molar-refractivity contribution in [1.29, 1.82) is 0 Å². The smallest absolute Gasteiger partial charge is 0.101 e. The third-order valence-corrected chi connectivity index (χ3v) is 2.74. The Morgan fingerprint density at radius 3 is 1.90 bits per heavy atom. The first kappa shape index (κ1) is 8.67. The molecule has 1 rings (SSSR count). The molecule has 1 fully saturated rings. The molecule has 2 heteroatoms. The number of alkyl halides is 2. The summed E-state index contributed by atoms with van der Waals surface area (Å²) in [5.74, 6) is 0.538. The number of hydrogen-bond acceptors (Lipinski definition) is 0. The lowest BCUT2D eigenvalue weighted by atomic mass is 9.90. The summed E-state index contributed by atoms with van der Waals surface area (Å²) in [5.41, 5.74) is 0.371.